The number of hydrogen-bond acceptors (Lipinski definition) is 2. The van der Waals surface area contributed by atoms with Gasteiger partial charge in [0.2, 0.25) is 0 Å². The van der Waals surface area contributed by atoms with E-state index in [1.165, 1.54) is 18.2 Å². The van der Waals surface area contributed by atoms with Crippen molar-refractivity contribution in [3.63, 3.8) is 0 Å². The normalized spacial score (nSPS) is 19.3. The highest BCUT2D eigenvalue weighted by atomic mass is 35.5. The van der Waals surface area contributed by atoms with Gasteiger partial charge in [-0.2, -0.15) is 0 Å². The van der Waals surface area contributed by atoms with Crippen LogP contribution in [0.3, 0.4) is 0 Å². The Labute approximate surface area is 117 Å². The molecule has 1 amide bonds. The zero-order valence-corrected chi connectivity index (χ0v) is 11.5. The summed E-state index contributed by atoms with van der Waals surface area (Å²) in [5.41, 5.74) is 0.0866. The molecule has 100 valence electrons. The van der Waals surface area contributed by atoms with Gasteiger partial charge in [-0.1, -0.05) is 11.6 Å². The second-order valence-electron chi connectivity index (χ2n) is 4.23. The Hall–Kier alpha value is -0.840. The van der Waals surface area contributed by atoms with E-state index in [0.717, 1.165) is 6.54 Å². The quantitative estimate of drug-likeness (QED) is 0.862. The smallest absolute Gasteiger partial charge is 0.256 e. The number of benzene rings is 1. The largest absolute Gasteiger partial charge is 0.336 e. The predicted molar refractivity (Wildman–Crippen MR) is 72.0 cm³/mol. The third-order valence-electron chi connectivity index (χ3n) is 2.82. The van der Waals surface area contributed by atoms with Gasteiger partial charge >= 0.3 is 0 Å². The second-order valence-corrected chi connectivity index (χ2v) is 4.67. The van der Waals surface area contributed by atoms with Gasteiger partial charge in [0.15, 0.2) is 0 Å². The second kappa shape index (κ2) is 6.36. The number of nitrogens with one attached hydrogen (secondary N) is 1. The summed E-state index contributed by atoms with van der Waals surface area (Å²) in [5.74, 6) is -0.832. The molecule has 2 rings (SSSR count). The van der Waals surface area contributed by atoms with Crippen LogP contribution in [0.25, 0.3) is 0 Å². The van der Waals surface area contributed by atoms with Crippen LogP contribution in [0.2, 0.25) is 5.02 Å². The van der Waals surface area contributed by atoms with Gasteiger partial charge in [-0.05, 0) is 25.1 Å². The molecule has 0 saturated carbocycles. The van der Waals surface area contributed by atoms with Gasteiger partial charge in [-0.3, -0.25) is 4.79 Å². The minimum Gasteiger partial charge on any atom is -0.336 e. The van der Waals surface area contributed by atoms with Crippen molar-refractivity contribution < 1.29 is 9.18 Å². The fourth-order valence-electron chi connectivity index (χ4n) is 1.95. The number of piperazine rings is 1. The highest BCUT2D eigenvalue weighted by Crippen LogP contribution is 2.17. The SMILES string of the molecule is C[C@@H]1CN(C(=O)c2ccc(Cl)cc2F)CCN1.Cl. The highest BCUT2D eigenvalue weighted by molar-refractivity contribution is 6.30. The van der Waals surface area contributed by atoms with Gasteiger partial charge in [0.05, 0.1) is 5.56 Å². The lowest BCUT2D eigenvalue weighted by atomic mass is 10.1. The molecule has 1 N–H and O–H groups in total. The molecule has 0 spiro atoms. The fraction of sp³-hybridized carbons (Fsp3) is 0.417. The first-order valence-corrected chi connectivity index (χ1v) is 5.93. The van der Waals surface area contributed by atoms with Crippen molar-refractivity contribution >= 4 is 29.9 Å². The summed E-state index contributed by atoms with van der Waals surface area (Å²) in [6.07, 6.45) is 0. The molecule has 1 aromatic carbocycles. The van der Waals surface area contributed by atoms with Gasteiger partial charge in [0.1, 0.15) is 5.82 Å². The van der Waals surface area contributed by atoms with E-state index in [-0.39, 0.29) is 29.9 Å². The maximum atomic E-state index is 13.6. The summed E-state index contributed by atoms with van der Waals surface area (Å²) in [6.45, 7) is 3.94. The van der Waals surface area contributed by atoms with E-state index in [1.807, 2.05) is 6.92 Å². The highest BCUT2D eigenvalue weighted by Gasteiger charge is 2.23. The molecule has 1 fully saturated rings. The summed E-state index contributed by atoms with van der Waals surface area (Å²) >= 11 is 5.66. The Bertz CT molecular complexity index is 442. The molecule has 1 aromatic rings. The molecule has 0 bridgehead atoms. The average molecular weight is 293 g/mol. The molecule has 0 aliphatic carbocycles. The van der Waals surface area contributed by atoms with Crippen molar-refractivity contribution in [2.24, 2.45) is 0 Å². The summed E-state index contributed by atoms with van der Waals surface area (Å²) in [7, 11) is 0. The van der Waals surface area contributed by atoms with E-state index in [4.69, 9.17) is 11.6 Å². The molecule has 0 aromatic heterocycles. The van der Waals surface area contributed by atoms with Crippen LogP contribution in [0.5, 0.6) is 0 Å². The minimum absolute atomic E-state index is 0. The van der Waals surface area contributed by atoms with Gasteiger partial charge in [-0.15, -0.1) is 12.4 Å². The zero-order valence-electron chi connectivity index (χ0n) is 9.95. The zero-order chi connectivity index (χ0) is 12.4. The van der Waals surface area contributed by atoms with Crippen LogP contribution in [0.15, 0.2) is 18.2 Å². The van der Waals surface area contributed by atoms with Crippen LogP contribution >= 0.6 is 24.0 Å². The van der Waals surface area contributed by atoms with E-state index < -0.39 is 5.82 Å². The standard InChI is InChI=1S/C12H14ClFN2O.ClH/c1-8-7-16(5-4-15-8)12(17)10-3-2-9(13)6-11(10)14;/h2-3,6,8,15H,4-5,7H2,1H3;1H/t8-;/m1./s1. The van der Waals surface area contributed by atoms with Gasteiger partial charge in [-0.25, -0.2) is 4.39 Å². The van der Waals surface area contributed by atoms with Crippen LogP contribution in [0, 0.1) is 5.82 Å². The molecule has 0 radical (unpaired) electrons. The Kier molecular flexibility index (Phi) is 5.38. The van der Waals surface area contributed by atoms with Crippen LogP contribution in [0.4, 0.5) is 4.39 Å². The van der Waals surface area contributed by atoms with Crippen molar-refractivity contribution in [2.75, 3.05) is 19.6 Å². The molecule has 6 heteroatoms. The van der Waals surface area contributed by atoms with Crippen LogP contribution in [-0.4, -0.2) is 36.5 Å². The lowest BCUT2D eigenvalue weighted by Gasteiger charge is -2.32. The van der Waals surface area contributed by atoms with Crippen molar-refractivity contribution in [3.05, 3.63) is 34.6 Å². The van der Waals surface area contributed by atoms with Crippen LogP contribution in [-0.2, 0) is 0 Å². The Morgan fingerprint density at radius 3 is 2.89 bits per heavy atom. The number of rotatable bonds is 1. The molecule has 1 atom stereocenters. The molecular formula is C12H15Cl2FN2O. The third kappa shape index (κ3) is 3.34. The lowest BCUT2D eigenvalue weighted by Crippen LogP contribution is -2.51. The van der Waals surface area contributed by atoms with Crippen molar-refractivity contribution in [3.8, 4) is 0 Å². The van der Waals surface area contributed by atoms with Gasteiger partial charge < -0.3 is 10.2 Å². The van der Waals surface area contributed by atoms with Gasteiger partial charge in [0.25, 0.3) is 5.91 Å². The Morgan fingerprint density at radius 1 is 1.56 bits per heavy atom. The van der Waals surface area contributed by atoms with E-state index in [0.29, 0.717) is 18.1 Å². The lowest BCUT2D eigenvalue weighted by molar-refractivity contribution is 0.0704. The van der Waals surface area contributed by atoms with Crippen molar-refractivity contribution in [1.29, 1.82) is 0 Å². The first kappa shape index (κ1) is 15.2. The number of halogens is 3. The predicted octanol–water partition coefficient (Wildman–Crippen LogP) is 2.33. The molecule has 18 heavy (non-hydrogen) atoms. The summed E-state index contributed by atoms with van der Waals surface area (Å²) in [5, 5.41) is 3.53. The number of amides is 1. The molecule has 1 saturated heterocycles. The monoisotopic (exact) mass is 292 g/mol. The number of carbonyl (C=O) groups is 1. The number of carbonyl (C=O) groups excluding carboxylic acids is 1. The number of hydrogen-bond donors (Lipinski definition) is 1. The molecule has 3 nitrogen and oxygen atoms in total. The Balaban J connectivity index is 0.00000162. The Morgan fingerprint density at radius 2 is 2.28 bits per heavy atom. The summed E-state index contributed by atoms with van der Waals surface area (Å²) in [4.78, 5) is 13.8. The maximum Gasteiger partial charge on any atom is 0.256 e. The fourth-order valence-corrected chi connectivity index (χ4v) is 2.11. The van der Waals surface area contributed by atoms with E-state index in [2.05, 4.69) is 5.32 Å². The van der Waals surface area contributed by atoms with Crippen molar-refractivity contribution in [2.45, 2.75) is 13.0 Å². The molecule has 1 aliphatic heterocycles. The first-order valence-electron chi connectivity index (χ1n) is 5.55. The van der Waals surface area contributed by atoms with E-state index in [1.54, 1.807) is 4.90 Å². The summed E-state index contributed by atoms with van der Waals surface area (Å²) < 4.78 is 13.6. The molecular weight excluding hydrogens is 278 g/mol. The topological polar surface area (TPSA) is 32.3 Å². The van der Waals surface area contributed by atoms with Crippen molar-refractivity contribution in [1.82, 2.24) is 10.2 Å². The van der Waals surface area contributed by atoms with E-state index in [9.17, 15) is 9.18 Å². The summed E-state index contributed by atoms with van der Waals surface area (Å²) in [6, 6.07) is 4.37. The van der Waals surface area contributed by atoms with E-state index >= 15 is 0 Å². The molecule has 0 unspecified atom stereocenters. The van der Waals surface area contributed by atoms with Crippen LogP contribution in [0.1, 0.15) is 17.3 Å². The van der Waals surface area contributed by atoms with Crippen LogP contribution < -0.4 is 5.32 Å². The minimum atomic E-state index is -0.561. The molecule has 1 heterocycles. The average Bonchev–Trinajstić information content (AvgIpc) is 2.28. The number of nitrogens with zero attached hydrogens (tertiary/aromatic N) is 1. The first-order chi connectivity index (χ1) is 8.08. The third-order valence-corrected chi connectivity index (χ3v) is 3.05. The van der Waals surface area contributed by atoms with Gasteiger partial charge in [0, 0.05) is 30.7 Å². The molecule has 1 aliphatic rings. The maximum absolute atomic E-state index is 13.6.